The minimum Gasteiger partial charge on any atom is -0.326 e. The first-order chi connectivity index (χ1) is 14.6. The predicted molar refractivity (Wildman–Crippen MR) is 121 cm³/mol. The van der Waals surface area contributed by atoms with Crippen molar-refractivity contribution in [1.82, 2.24) is 14.5 Å². The summed E-state index contributed by atoms with van der Waals surface area (Å²) < 4.78 is 2.97. The van der Waals surface area contributed by atoms with Crippen LogP contribution >= 0.6 is 23.1 Å². The molecule has 0 atom stereocenters. The van der Waals surface area contributed by atoms with E-state index < -0.39 is 0 Å². The molecule has 0 radical (unpaired) electrons. The van der Waals surface area contributed by atoms with E-state index in [0.29, 0.717) is 17.9 Å². The molecule has 3 aromatic heterocycles. The lowest BCUT2D eigenvalue weighted by molar-refractivity contribution is -0.113. The Kier molecular flexibility index (Phi) is 5.84. The second-order valence-corrected chi connectivity index (χ2v) is 8.65. The Hall–Kier alpha value is -3.15. The Bertz CT molecular complexity index is 1250. The van der Waals surface area contributed by atoms with Crippen LogP contribution in [0.2, 0.25) is 0 Å². The van der Waals surface area contributed by atoms with Gasteiger partial charge in [0.25, 0.3) is 0 Å². The van der Waals surface area contributed by atoms with Gasteiger partial charge in [0.2, 0.25) is 5.91 Å². The number of benzene rings is 1. The van der Waals surface area contributed by atoms with Crippen LogP contribution in [0, 0.1) is 25.2 Å². The monoisotopic (exact) mass is 433 g/mol. The number of fused-ring (bicyclic) bond motifs is 1. The molecule has 8 heteroatoms. The largest absolute Gasteiger partial charge is 0.326 e. The lowest BCUT2D eigenvalue weighted by Crippen LogP contribution is -2.18. The highest BCUT2D eigenvalue weighted by Gasteiger charge is 2.20. The lowest BCUT2D eigenvalue weighted by Gasteiger charge is -2.13. The highest BCUT2D eigenvalue weighted by atomic mass is 32.2. The topological polar surface area (TPSA) is 83.6 Å². The van der Waals surface area contributed by atoms with Crippen molar-refractivity contribution >= 4 is 45.0 Å². The first-order valence-electron chi connectivity index (χ1n) is 9.33. The molecule has 30 heavy (non-hydrogen) atoms. The molecule has 6 nitrogen and oxygen atoms in total. The van der Waals surface area contributed by atoms with Crippen LogP contribution in [0.3, 0.4) is 0 Å². The Morgan fingerprint density at radius 2 is 2.03 bits per heavy atom. The fraction of sp³-hybridized carbons (Fsp3) is 0.182. The van der Waals surface area contributed by atoms with Gasteiger partial charge in [0.1, 0.15) is 23.2 Å². The maximum absolute atomic E-state index is 12.8. The summed E-state index contributed by atoms with van der Waals surface area (Å²) in [4.78, 5) is 21.3. The summed E-state index contributed by atoms with van der Waals surface area (Å²) >= 11 is 2.93. The van der Waals surface area contributed by atoms with Gasteiger partial charge in [0, 0.05) is 12.2 Å². The standard InChI is InChI=1S/C22H19N5OS2/c1-14-15(2)27(11-16-6-4-3-5-7-16)21(17(14)10-23)26-19(28)12-30-22-20-18(8-9-29-20)24-13-25-22/h3-9,13H,11-12H2,1-2H3,(H,26,28). The molecule has 1 N–H and O–H groups in total. The lowest BCUT2D eigenvalue weighted by atomic mass is 10.2. The average Bonchev–Trinajstić information content (AvgIpc) is 3.32. The fourth-order valence-corrected chi connectivity index (χ4v) is 5.01. The van der Waals surface area contributed by atoms with Crippen LogP contribution in [0.25, 0.3) is 10.2 Å². The first kappa shape index (κ1) is 20.1. The summed E-state index contributed by atoms with van der Waals surface area (Å²) in [5.74, 6) is 0.571. The summed E-state index contributed by atoms with van der Waals surface area (Å²) in [6.07, 6.45) is 1.51. The molecular formula is C22H19N5OS2. The van der Waals surface area contributed by atoms with E-state index in [1.165, 1.54) is 18.1 Å². The molecule has 0 unspecified atom stereocenters. The highest BCUT2D eigenvalue weighted by Crippen LogP contribution is 2.30. The molecule has 0 bridgehead atoms. The first-order valence-corrected chi connectivity index (χ1v) is 11.2. The molecule has 0 spiro atoms. The minimum atomic E-state index is -0.174. The third-order valence-electron chi connectivity index (χ3n) is 4.93. The number of rotatable bonds is 6. The van der Waals surface area contributed by atoms with Gasteiger partial charge in [-0.3, -0.25) is 4.79 Å². The Morgan fingerprint density at radius 1 is 1.23 bits per heavy atom. The van der Waals surface area contributed by atoms with E-state index in [4.69, 9.17) is 0 Å². The number of carbonyl (C=O) groups is 1. The highest BCUT2D eigenvalue weighted by molar-refractivity contribution is 8.00. The second-order valence-electron chi connectivity index (χ2n) is 6.77. The van der Waals surface area contributed by atoms with E-state index in [1.54, 1.807) is 11.3 Å². The third-order valence-corrected chi connectivity index (χ3v) is 6.96. The van der Waals surface area contributed by atoms with Crippen molar-refractivity contribution in [3.63, 3.8) is 0 Å². The van der Waals surface area contributed by atoms with Gasteiger partial charge in [-0.05, 0) is 36.4 Å². The van der Waals surface area contributed by atoms with Crippen LogP contribution in [-0.2, 0) is 11.3 Å². The molecule has 1 amide bonds. The van der Waals surface area contributed by atoms with Crippen LogP contribution in [0.1, 0.15) is 22.4 Å². The number of hydrogen-bond acceptors (Lipinski definition) is 6. The van der Waals surface area contributed by atoms with Crippen LogP contribution < -0.4 is 5.32 Å². The number of nitrogens with one attached hydrogen (secondary N) is 1. The van der Waals surface area contributed by atoms with Gasteiger partial charge in [0.15, 0.2) is 0 Å². The summed E-state index contributed by atoms with van der Waals surface area (Å²) in [7, 11) is 0. The maximum atomic E-state index is 12.8. The average molecular weight is 434 g/mol. The Labute approximate surface area is 182 Å². The summed E-state index contributed by atoms with van der Waals surface area (Å²) in [5, 5.41) is 15.4. The van der Waals surface area contributed by atoms with Crippen molar-refractivity contribution in [2.75, 3.05) is 11.1 Å². The van der Waals surface area contributed by atoms with Gasteiger partial charge in [-0.25, -0.2) is 9.97 Å². The molecule has 0 fully saturated rings. The van der Waals surface area contributed by atoms with Crippen molar-refractivity contribution in [1.29, 1.82) is 5.26 Å². The SMILES string of the molecule is Cc1c(C#N)c(NC(=O)CSc2ncnc3ccsc23)n(Cc2ccccc2)c1C. The number of thioether (sulfide) groups is 1. The molecule has 0 saturated heterocycles. The number of nitrogens with zero attached hydrogens (tertiary/aromatic N) is 4. The number of carbonyl (C=O) groups excluding carboxylic acids is 1. The molecule has 4 rings (SSSR count). The quantitative estimate of drug-likeness (QED) is 0.350. The summed E-state index contributed by atoms with van der Waals surface area (Å²) in [5.41, 5.74) is 4.34. The zero-order valence-electron chi connectivity index (χ0n) is 16.5. The maximum Gasteiger partial charge on any atom is 0.235 e. The van der Waals surface area contributed by atoms with E-state index >= 15 is 0 Å². The number of thiophene rings is 1. The van der Waals surface area contributed by atoms with Gasteiger partial charge in [0.05, 0.1) is 21.5 Å². The minimum absolute atomic E-state index is 0.174. The molecule has 3 heterocycles. The van der Waals surface area contributed by atoms with Crippen molar-refractivity contribution in [3.8, 4) is 6.07 Å². The molecule has 0 aliphatic carbocycles. The zero-order chi connectivity index (χ0) is 21.1. The molecule has 150 valence electrons. The Morgan fingerprint density at radius 3 is 2.80 bits per heavy atom. The van der Waals surface area contributed by atoms with Crippen LogP contribution in [-0.4, -0.2) is 26.2 Å². The van der Waals surface area contributed by atoms with Crippen molar-refractivity contribution in [2.45, 2.75) is 25.4 Å². The van der Waals surface area contributed by atoms with E-state index in [-0.39, 0.29) is 11.7 Å². The van der Waals surface area contributed by atoms with Gasteiger partial charge < -0.3 is 9.88 Å². The number of anilines is 1. The van der Waals surface area contributed by atoms with Gasteiger partial charge in [-0.2, -0.15) is 5.26 Å². The number of hydrogen-bond donors (Lipinski definition) is 1. The van der Waals surface area contributed by atoms with E-state index in [1.807, 2.05) is 60.2 Å². The fourth-order valence-electron chi connectivity index (χ4n) is 3.27. The van der Waals surface area contributed by atoms with Crippen LogP contribution in [0.5, 0.6) is 0 Å². The molecular weight excluding hydrogens is 414 g/mol. The third kappa shape index (κ3) is 3.95. The molecule has 0 saturated carbocycles. The second kappa shape index (κ2) is 8.69. The zero-order valence-corrected chi connectivity index (χ0v) is 18.2. The van der Waals surface area contributed by atoms with Gasteiger partial charge >= 0.3 is 0 Å². The Balaban J connectivity index is 1.56. The van der Waals surface area contributed by atoms with Gasteiger partial charge in [-0.15, -0.1) is 11.3 Å². The number of aromatic nitrogens is 3. The van der Waals surface area contributed by atoms with Crippen LogP contribution in [0.15, 0.2) is 53.1 Å². The van der Waals surface area contributed by atoms with E-state index in [9.17, 15) is 10.1 Å². The van der Waals surface area contributed by atoms with Crippen molar-refractivity contribution < 1.29 is 4.79 Å². The van der Waals surface area contributed by atoms with Gasteiger partial charge in [-0.1, -0.05) is 42.1 Å². The number of amides is 1. The molecule has 1 aromatic carbocycles. The predicted octanol–water partition coefficient (Wildman–Crippen LogP) is 4.76. The van der Waals surface area contributed by atoms with E-state index in [0.717, 1.165) is 32.1 Å². The molecule has 4 aromatic rings. The normalized spacial score (nSPS) is 10.8. The molecule has 0 aliphatic heterocycles. The number of nitriles is 1. The van der Waals surface area contributed by atoms with E-state index in [2.05, 4.69) is 21.4 Å². The summed E-state index contributed by atoms with van der Waals surface area (Å²) in [6, 6.07) is 14.2. The molecule has 0 aliphatic rings. The smallest absolute Gasteiger partial charge is 0.235 e. The van der Waals surface area contributed by atoms with Crippen molar-refractivity contribution in [2.24, 2.45) is 0 Å². The van der Waals surface area contributed by atoms with Crippen molar-refractivity contribution in [3.05, 3.63) is 70.5 Å². The van der Waals surface area contributed by atoms with Crippen LogP contribution in [0.4, 0.5) is 5.82 Å². The summed E-state index contributed by atoms with van der Waals surface area (Å²) in [6.45, 7) is 4.46.